The summed E-state index contributed by atoms with van der Waals surface area (Å²) in [6.45, 7) is 1.19. The standard InChI is InChI=1S/C21H22F3NO3/c1-27-18-9-2-15(3-10-18)4-11-20(26)25-12-13-28-19(14-25)16-5-7-17(8-6-16)21(22,23)24/h2-3,5-10,19H,4,11-14H2,1H3. The number of hydrogen-bond donors (Lipinski definition) is 0. The molecule has 1 aliphatic rings. The third kappa shape index (κ3) is 5.04. The average molecular weight is 393 g/mol. The molecule has 1 amide bonds. The van der Waals surface area contributed by atoms with Gasteiger partial charge in [-0.05, 0) is 41.8 Å². The van der Waals surface area contributed by atoms with Crippen molar-refractivity contribution < 1.29 is 27.4 Å². The summed E-state index contributed by atoms with van der Waals surface area (Å²) in [5, 5.41) is 0. The molecule has 1 aliphatic heterocycles. The number of amides is 1. The smallest absolute Gasteiger partial charge is 0.416 e. The Kier molecular flexibility index (Phi) is 6.24. The summed E-state index contributed by atoms with van der Waals surface area (Å²) in [5.74, 6) is 0.777. The Morgan fingerprint density at radius 3 is 2.43 bits per heavy atom. The van der Waals surface area contributed by atoms with Crippen LogP contribution in [0, 0.1) is 0 Å². The summed E-state index contributed by atoms with van der Waals surface area (Å²) >= 11 is 0. The van der Waals surface area contributed by atoms with Crippen LogP contribution in [0.2, 0.25) is 0 Å². The molecule has 28 heavy (non-hydrogen) atoms. The van der Waals surface area contributed by atoms with E-state index in [0.29, 0.717) is 38.1 Å². The lowest BCUT2D eigenvalue weighted by Crippen LogP contribution is -2.42. The summed E-state index contributed by atoms with van der Waals surface area (Å²) in [7, 11) is 1.60. The van der Waals surface area contributed by atoms with Crippen LogP contribution in [-0.4, -0.2) is 37.6 Å². The zero-order valence-corrected chi connectivity index (χ0v) is 15.5. The van der Waals surface area contributed by atoms with Crippen LogP contribution >= 0.6 is 0 Å². The number of carbonyl (C=O) groups is 1. The van der Waals surface area contributed by atoms with Gasteiger partial charge < -0.3 is 14.4 Å². The summed E-state index contributed by atoms with van der Waals surface area (Å²) in [5.41, 5.74) is 0.988. The van der Waals surface area contributed by atoms with Crippen LogP contribution in [0.4, 0.5) is 13.2 Å². The van der Waals surface area contributed by atoms with E-state index in [9.17, 15) is 18.0 Å². The molecule has 1 heterocycles. The first-order valence-electron chi connectivity index (χ1n) is 9.06. The molecule has 0 N–H and O–H groups in total. The molecular weight excluding hydrogens is 371 g/mol. The van der Waals surface area contributed by atoms with Crippen LogP contribution in [0.1, 0.15) is 29.2 Å². The van der Waals surface area contributed by atoms with Gasteiger partial charge in [0.05, 0.1) is 25.8 Å². The fourth-order valence-corrected chi connectivity index (χ4v) is 3.17. The maximum atomic E-state index is 12.7. The van der Waals surface area contributed by atoms with Crippen molar-refractivity contribution >= 4 is 5.91 Å². The average Bonchev–Trinajstić information content (AvgIpc) is 2.72. The van der Waals surface area contributed by atoms with Crippen LogP contribution in [0.5, 0.6) is 5.75 Å². The summed E-state index contributed by atoms with van der Waals surface area (Å²) in [6.07, 6.45) is -3.80. The van der Waals surface area contributed by atoms with Gasteiger partial charge in [-0.25, -0.2) is 0 Å². The molecule has 2 aromatic carbocycles. The number of aryl methyl sites for hydroxylation is 1. The zero-order chi connectivity index (χ0) is 20.1. The van der Waals surface area contributed by atoms with Crippen LogP contribution in [0.15, 0.2) is 48.5 Å². The number of morpholine rings is 1. The van der Waals surface area contributed by atoms with Crippen molar-refractivity contribution in [3.63, 3.8) is 0 Å². The molecule has 150 valence electrons. The maximum absolute atomic E-state index is 12.7. The van der Waals surface area contributed by atoms with Gasteiger partial charge in [0.2, 0.25) is 5.91 Å². The molecule has 0 spiro atoms. The number of benzene rings is 2. The molecule has 1 atom stereocenters. The summed E-state index contributed by atoms with van der Waals surface area (Å²) in [6, 6.07) is 12.5. The second-order valence-electron chi connectivity index (χ2n) is 6.67. The van der Waals surface area contributed by atoms with Crippen molar-refractivity contribution in [2.24, 2.45) is 0 Å². The van der Waals surface area contributed by atoms with Crippen molar-refractivity contribution in [3.05, 3.63) is 65.2 Å². The molecule has 0 saturated carbocycles. The molecule has 0 radical (unpaired) electrons. The first-order chi connectivity index (χ1) is 13.4. The highest BCUT2D eigenvalue weighted by Crippen LogP contribution is 2.31. The van der Waals surface area contributed by atoms with Gasteiger partial charge in [-0.2, -0.15) is 13.2 Å². The molecule has 0 bridgehead atoms. The first kappa shape index (κ1) is 20.2. The summed E-state index contributed by atoms with van der Waals surface area (Å²) in [4.78, 5) is 14.3. The van der Waals surface area contributed by atoms with Crippen LogP contribution in [0.25, 0.3) is 0 Å². The fraction of sp³-hybridized carbons (Fsp3) is 0.381. The van der Waals surface area contributed by atoms with Crippen molar-refractivity contribution in [3.8, 4) is 5.75 Å². The van der Waals surface area contributed by atoms with Gasteiger partial charge in [-0.1, -0.05) is 24.3 Å². The van der Waals surface area contributed by atoms with E-state index in [0.717, 1.165) is 23.4 Å². The SMILES string of the molecule is COc1ccc(CCC(=O)N2CCOC(c3ccc(C(F)(F)F)cc3)C2)cc1. The number of hydrogen-bond acceptors (Lipinski definition) is 3. The van der Waals surface area contributed by atoms with E-state index in [1.54, 1.807) is 12.0 Å². The van der Waals surface area contributed by atoms with E-state index in [1.165, 1.54) is 12.1 Å². The normalized spacial score (nSPS) is 17.4. The number of alkyl halides is 3. The Hall–Kier alpha value is -2.54. The molecule has 1 fully saturated rings. The molecule has 7 heteroatoms. The molecule has 4 nitrogen and oxygen atoms in total. The minimum absolute atomic E-state index is 0.0102. The Morgan fingerprint density at radius 1 is 1.14 bits per heavy atom. The minimum atomic E-state index is -4.37. The monoisotopic (exact) mass is 393 g/mol. The Balaban J connectivity index is 1.56. The number of methoxy groups -OCH3 is 1. The largest absolute Gasteiger partial charge is 0.497 e. The first-order valence-corrected chi connectivity index (χ1v) is 9.06. The second kappa shape index (κ2) is 8.65. The van der Waals surface area contributed by atoms with Crippen molar-refractivity contribution in [2.75, 3.05) is 26.8 Å². The number of nitrogens with zero attached hydrogens (tertiary/aromatic N) is 1. The molecule has 0 aromatic heterocycles. The highest BCUT2D eigenvalue weighted by atomic mass is 19.4. The predicted molar refractivity (Wildman–Crippen MR) is 98.0 cm³/mol. The van der Waals surface area contributed by atoms with Crippen LogP contribution < -0.4 is 4.74 Å². The lowest BCUT2D eigenvalue weighted by Gasteiger charge is -2.33. The predicted octanol–water partition coefficient (Wildman–Crippen LogP) is 4.25. The highest BCUT2D eigenvalue weighted by Gasteiger charge is 2.31. The maximum Gasteiger partial charge on any atom is 0.416 e. The zero-order valence-electron chi connectivity index (χ0n) is 15.5. The number of rotatable bonds is 5. The van der Waals surface area contributed by atoms with Gasteiger partial charge >= 0.3 is 6.18 Å². The molecular formula is C21H22F3NO3. The van der Waals surface area contributed by atoms with Crippen molar-refractivity contribution in [1.82, 2.24) is 4.90 Å². The third-order valence-electron chi connectivity index (χ3n) is 4.82. The van der Waals surface area contributed by atoms with E-state index in [-0.39, 0.29) is 5.91 Å². The number of ether oxygens (including phenoxy) is 2. The third-order valence-corrected chi connectivity index (χ3v) is 4.82. The van der Waals surface area contributed by atoms with Crippen molar-refractivity contribution in [2.45, 2.75) is 25.1 Å². The molecule has 1 unspecified atom stereocenters. The Labute approximate surface area is 161 Å². The van der Waals surface area contributed by atoms with Crippen LogP contribution in [-0.2, 0) is 22.1 Å². The lowest BCUT2D eigenvalue weighted by molar-refractivity contribution is -0.139. The van der Waals surface area contributed by atoms with E-state index < -0.39 is 17.8 Å². The van der Waals surface area contributed by atoms with E-state index >= 15 is 0 Å². The molecule has 2 aromatic rings. The fourth-order valence-electron chi connectivity index (χ4n) is 3.17. The van der Waals surface area contributed by atoms with E-state index in [1.807, 2.05) is 24.3 Å². The van der Waals surface area contributed by atoms with Crippen LogP contribution in [0.3, 0.4) is 0 Å². The molecule has 3 rings (SSSR count). The highest BCUT2D eigenvalue weighted by molar-refractivity contribution is 5.76. The lowest BCUT2D eigenvalue weighted by atomic mass is 10.0. The molecule has 1 saturated heterocycles. The van der Waals surface area contributed by atoms with Gasteiger partial charge in [0.15, 0.2) is 0 Å². The van der Waals surface area contributed by atoms with Gasteiger partial charge in [0.25, 0.3) is 0 Å². The second-order valence-corrected chi connectivity index (χ2v) is 6.67. The Bertz CT molecular complexity index is 788. The Morgan fingerprint density at radius 2 is 1.82 bits per heavy atom. The molecule has 0 aliphatic carbocycles. The quantitative estimate of drug-likeness (QED) is 0.763. The number of carbonyl (C=O) groups excluding carboxylic acids is 1. The van der Waals surface area contributed by atoms with Gasteiger partial charge in [-0.3, -0.25) is 4.79 Å². The van der Waals surface area contributed by atoms with Gasteiger partial charge in [-0.15, -0.1) is 0 Å². The van der Waals surface area contributed by atoms with E-state index in [4.69, 9.17) is 9.47 Å². The number of halogens is 3. The van der Waals surface area contributed by atoms with Crippen molar-refractivity contribution in [1.29, 1.82) is 0 Å². The minimum Gasteiger partial charge on any atom is -0.497 e. The summed E-state index contributed by atoms with van der Waals surface area (Å²) < 4.78 is 48.9. The van der Waals surface area contributed by atoms with Gasteiger partial charge in [0.1, 0.15) is 11.9 Å². The topological polar surface area (TPSA) is 38.8 Å². The van der Waals surface area contributed by atoms with Gasteiger partial charge in [0, 0.05) is 13.0 Å². The van der Waals surface area contributed by atoms with E-state index in [2.05, 4.69) is 0 Å².